The first-order chi connectivity index (χ1) is 12.2. The summed E-state index contributed by atoms with van der Waals surface area (Å²) in [5.74, 6) is -0.176. The largest absolute Gasteiger partial charge is 0.433 e. The molecule has 6 nitrogen and oxygen atoms in total. The van der Waals surface area contributed by atoms with Crippen molar-refractivity contribution in [1.82, 2.24) is 20.0 Å². The average molecular weight is 374 g/mol. The van der Waals surface area contributed by atoms with Crippen molar-refractivity contribution in [3.63, 3.8) is 0 Å². The normalized spacial score (nSPS) is 20.7. The summed E-state index contributed by atoms with van der Waals surface area (Å²) in [4.78, 5) is 14.0. The van der Waals surface area contributed by atoms with Crippen LogP contribution in [0.4, 0.5) is 18.0 Å². The standard InChI is InChI=1S/C17H25F3N4O2/c1-12(11-24-14(17(18,19)20)9-13(2)22-24)10-21-15(25)23-6-3-16(4-7-23)5-8-26-16/h9,12H,3-8,10-11H2,1-2H3,(H,21,25)/t12-/m1/s1. The fraction of sp³-hybridized carbons (Fsp3) is 0.765. The summed E-state index contributed by atoms with van der Waals surface area (Å²) >= 11 is 0. The Morgan fingerprint density at radius 2 is 2.04 bits per heavy atom. The first-order valence-electron chi connectivity index (χ1n) is 8.97. The first kappa shape index (κ1) is 19.0. The SMILES string of the molecule is Cc1cc(C(F)(F)F)n(C[C@H](C)CNC(=O)N2CCC3(CCO3)CC2)n1. The molecule has 1 aromatic heterocycles. The molecule has 2 aliphatic rings. The quantitative estimate of drug-likeness (QED) is 0.882. The van der Waals surface area contributed by atoms with Gasteiger partial charge in [-0.15, -0.1) is 0 Å². The molecule has 2 amide bonds. The topological polar surface area (TPSA) is 59.4 Å². The van der Waals surface area contributed by atoms with Crippen molar-refractivity contribution in [3.05, 3.63) is 17.5 Å². The van der Waals surface area contributed by atoms with Crippen LogP contribution in [0.25, 0.3) is 0 Å². The minimum Gasteiger partial charge on any atom is -0.375 e. The second kappa shape index (κ2) is 7.09. The Bertz CT molecular complexity index is 645. The van der Waals surface area contributed by atoms with Crippen molar-refractivity contribution < 1.29 is 22.7 Å². The number of aromatic nitrogens is 2. The van der Waals surface area contributed by atoms with Gasteiger partial charge in [0, 0.05) is 26.2 Å². The van der Waals surface area contributed by atoms with Crippen molar-refractivity contribution in [2.45, 2.75) is 51.4 Å². The van der Waals surface area contributed by atoms with Crippen LogP contribution in [0, 0.1) is 12.8 Å². The minimum atomic E-state index is -4.43. The van der Waals surface area contributed by atoms with Gasteiger partial charge in [-0.05, 0) is 38.2 Å². The number of hydrogen-bond donors (Lipinski definition) is 1. The maximum absolute atomic E-state index is 13.0. The Morgan fingerprint density at radius 1 is 1.38 bits per heavy atom. The van der Waals surface area contributed by atoms with Crippen LogP contribution in [0.5, 0.6) is 0 Å². The van der Waals surface area contributed by atoms with E-state index in [9.17, 15) is 18.0 Å². The van der Waals surface area contributed by atoms with E-state index in [0.29, 0.717) is 25.3 Å². The molecule has 146 valence electrons. The molecule has 0 bridgehead atoms. The summed E-state index contributed by atoms with van der Waals surface area (Å²) in [5.41, 5.74) is -0.445. The monoisotopic (exact) mass is 374 g/mol. The molecular weight excluding hydrogens is 349 g/mol. The van der Waals surface area contributed by atoms with Crippen LogP contribution in [0.3, 0.4) is 0 Å². The van der Waals surface area contributed by atoms with E-state index in [0.717, 1.165) is 36.6 Å². The molecule has 1 N–H and O–H groups in total. The van der Waals surface area contributed by atoms with Gasteiger partial charge in [0.05, 0.1) is 17.9 Å². The molecule has 0 saturated carbocycles. The molecule has 2 saturated heterocycles. The summed E-state index contributed by atoms with van der Waals surface area (Å²) < 4.78 is 45.7. The summed E-state index contributed by atoms with van der Waals surface area (Å²) in [7, 11) is 0. The predicted octanol–water partition coefficient (Wildman–Crippen LogP) is 2.81. The van der Waals surface area contributed by atoms with E-state index < -0.39 is 11.9 Å². The number of carbonyl (C=O) groups excluding carboxylic acids is 1. The number of piperidine rings is 1. The number of rotatable bonds is 4. The summed E-state index contributed by atoms with van der Waals surface area (Å²) in [5, 5.41) is 6.75. The second-order valence-electron chi connectivity index (χ2n) is 7.41. The van der Waals surface area contributed by atoms with Crippen LogP contribution < -0.4 is 5.32 Å². The maximum Gasteiger partial charge on any atom is 0.433 e. The van der Waals surface area contributed by atoms with Crippen molar-refractivity contribution in [2.24, 2.45) is 5.92 Å². The molecule has 2 fully saturated rings. The molecule has 26 heavy (non-hydrogen) atoms. The number of nitrogens with one attached hydrogen (secondary N) is 1. The van der Waals surface area contributed by atoms with Crippen LogP contribution in [-0.4, -0.2) is 52.6 Å². The minimum absolute atomic E-state index is 0.0178. The molecular formula is C17H25F3N4O2. The number of likely N-dealkylation sites (tertiary alicyclic amines) is 1. The summed E-state index contributed by atoms with van der Waals surface area (Å²) in [6.45, 7) is 5.83. The van der Waals surface area contributed by atoms with E-state index in [1.807, 2.05) is 0 Å². The maximum atomic E-state index is 13.0. The third-order valence-corrected chi connectivity index (χ3v) is 5.21. The number of urea groups is 1. The first-order valence-corrected chi connectivity index (χ1v) is 8.97. The predicted molar refractivity (Wildman–Crippen MR) is 88.6 cm³/mol. The third kappa shape index (κ3) is 4.13. The lowest BCUT2D eigenvalue weighted by atomic mass is 9.84. The Labute approximate surface area is 150 Å². The zero-order valence-electron chi connectivity index (χ0n) is 15.1. The Morgan fingerprint density at radius 3 is 2.58 bits per heavy atom. The summed E-state index contributed by atoms with van der Waals surface area (Å²) in [6.07, 6.45) is -1.68. The number of alkyl halides is 3. The van der Waals surface area contributed by atoms with E-state index in [2.05, 4.69) is 10.4 Å². The highest BCUT2D eigenvalue weighted by atomic mass is 19.4. The average Bonchev–Trinajstić information content (AvgIpc) is 2.92. The van der Waals surface area contributed by atoms with Gasteiger partial charge >= 0.3 is 12.2 Å². The number of aryl methyl sites for hydroxylation is 1. The van der Waals surface area contributed by atoms with Crippen molar-refractivity contribution in [2.75, 3.05) is 26.2 Å². The van der Waals surface area contributed by atoms with Gasteiger partial charge in [-0.2, -0.15) is 18.3 Å². The van der Waals surface area contributed by atoms with Gasteiger partial charge in [0.1, 0.15) is 5.69 Å². The fourth-order valence-electron chi connectivity index (χ4n) is 3.55. The number of carbonyl (C=O) groups is 1. The van der Waals surface area contributed by atoms with Crippen molar-refractivity contribution in [3.8, 4) is 0 Å². The highest BCUT2D eigenvalue weighted by Crippen LogP contribution is 2.36. The number of ether oxygens (including phenoxy) is 1. The van der Waals surface area contributed by atoms with Crippen LogP contribution in [-0.2, 0) is 17.5 Å². The molecule has 1 spiro atoms. The highest BCUT2D eigenvalue weighted by Gasteiger charge is 2.42. The van der Waals surface area contributed by atoms with Crippen LogP contribution in [0.15, 0.2) is 6.07 Å². The molecule has 0 aliphatic carbocycles. The lowest BCUT2D eigenvalue weighted by molar-refractivity contribution is -0.169. The smallest absolute Gasteiger partial charge is 0.375 e. The zero-order chi connectivity index (χ0) is 18.9. The lowest BCUT2D eigenvalue weighted by Gasteiger charge is -2.47. The van der Waals surface area contributed by atoms with Crippen LogP contribution in [0.1, 0.15) is 37.6 Å². The van der Waals surface area contributed by atoms with Gasteiger partial charge in [-0.25, -0.2) is 4.79 Å². The molecule has 0 aromatic carbocycles. The van der Waals surface area contributed by atoms with Gasteiger partial charge in [0.15, 0.2) is 0 Å². The van der Waals surface area contributed by atoms with E-state index in [1.54, 1.807) is 11.8 Å². The van der Waals surface area contributed by atoms with Gasteiger partial charge in [-0.3, -0.25) is 4.68 Å². The van der Waals surface area contributed by atoms with Gasteiger partial charge in [0.2, 0.25) is 0 Å². The molecule has 1 atom stereocenters. The Hall–Kier alpha value is -1.77. The van der Waals surface area contributed by atoms with Crippen molar-refractivity contribution in [1.29, 1.82) is 0 Å². The molecule has 0 radical (unpaired) electrons. The molecule has 3 rings (SSSR count). The summed E-state index contributed by atoms with van der Waals surface area (Å²) in [6, 6.07) is 0.871. The highest BCUT2D eigenvalue weighted by molar-refractivity contribution is 5.74. The molecule has 0 unspecified atom stereocenters. The second-order valence-corrected chi connectivity index (χ2v) is 7.41. The number of halogens is 3. The van der Waals surface area contributed by atoms with E-state index in [4.69, 9.17) is 4.74 Å². The van der Waals surface area contributed by atoms with E-state index in [-0.39, 0.29) is 24.1 Å². The lowest BCUT2D eigenvalue weighted by Crippen LogP contribution is -2.55. The third-order valence-electron chi connectivity index (χ3n) is 5.21. The van der Waals surface area contributed by atoms with E-state index >= 15 is 0 Å². The van der Waals surface area contributed by atoms with Crippen molar-refractivity contribution >= 4 is 6.03 Å². The van der Waals surface area contributed by atoms with Gasteiger partial charge in [-0.1, -0.05) is 6.92 Å². The van der Waals surface area contributed by atoms with Gasteiger partial charge < -0.3 is 15.0 Å². The molecule has 9 heteroatoms. The fourth-order valence-corrected chi connectivity index (χ4v) is 3.55. The molecule has 1 aromatic rings. The number of amides is 2. The zero-order valence-corrected chi connectivity index (χ0v) is 15.1. The number of hydrogen-bond acceptors (Lipinski definition) is 3. The Kier molecular flexibility index (Phi) is 5.18. The van der Waals surface area contributed by atoms with Gasteiger partial charge in [0.25, 0.3) is 0 Å². The Balaban J connectivity index is 1.47. The van der Waals surface area contributed by atoms with E-state index in [1.165, 1.54) is 6.92 Å². The van der Waals surface area contributed by atoms with Crippen LogP contribution in [0.2, 0.25) is 0 Å². The molecule has 2 aliphatic heterocycles. The number of nitrogens with zero attached hydrogens (tertiary/aromatic N) is 3. The van der Waals surface area contributed by atoms with Crippen LogP contribution >= 0.6 is 0 Å². The molecule has 3 heterocycles.